The molecule has 3 rings (SSSR count). The van der Waals surface area contributed by atoms with Crippen molar-refractivity contribution in [3.05, 3.63) is 0 Å². The van der Waals surface area contributed by atoms with Crippen LogP contribution < -0.4 is 0 Å². The standard InChI is InChI=1S/C14H23NO4/c1-13(17,11-2-3-11)8-12(16)15-5-7-19-14(9-15)4-6-18-10-14/h11,17H,2-10H2,1H3/t13-,14-/m1/s1. The molecule has 0 unspecified atom stereocenters. The molecule has 2 atom stereocenters. The summed E-state index contributed by atoms with van der Waals surface area (Å²) in [4.78, 5) is 14.2. The first kappa shape index (κ1) is 13.3. The Kier molecular flexibility index (Phi) is 3.31. The van der Waals surface area contributed by atoms with E-state index >= 15 is 0 Å². The van der Waals surface area contributed by atoms with Gasteiger partial charge in [0.15, 0.2) is 0 Å². The van der Waals surface area contributed by atoms with Crippen LogP contribution in [0.2, 0.25) is 0 Å². The maximum atomic E-state index is 12.4. The zero-order chi connectivity index (χ0) is 13.5. The Labute approximate surface area is 113 Å². The predicted molar refractivity (Wildman–Crippen MR) is 68.7 cm³/mol. The molecule has 0 bridgehead atoms. The summed E-state index contributed by atoms with van der Waals surface area (Å²) in [6.07, 6.45) is 3.17. The van der Waals surface area contributed by atoms with Crippen molar-refractivity contribution in [3.63, 3.8) is 0 Å². The molecule has 2 saturated heterocycles. The van der Waals surface area contributed by atoms with Crippen LogP contribution in [0.15, 0.2) is 0 Å². The summed E-state index contributed by atoms with van der Waals surface area (Å²) in [6.45, 7) is 4.88. The van der Waals surface area contributed by atoms with Crippen LogP contribution in [0.4, 0.5) is 0 Å². The molecule has 1 aliphatic carbocycles. The zero-order valence-corrected chi connectivity index (χ0v) is 11.6. The lowest BCUT2D eigenvalue weighted by Crippen LogP contribution is -2.55. The van der Waals surface area contributed by atoms with Gasteiger partial charge in [-0.15, -0.1) is 0 Å². The highest BCUT2D eigenvalue weighted by Gasteiger charge is 2.45. The Balaban J connectivity index is 1.60. The largest absolute Gasteiger partial charge is 0.389 e. The average molecular weight is 269 g/mol. The quantitative estimate of drug-likeness (QED) is 0.813. The summed E-state index contributed by atoms with van der Waals surface area (Å²) >= 11 is 0. The van der Waals surface area contributed by atoms with E-state index < -0.39 is 5.60 Å². The normalized spacial score (nSPS) is 34.5. The highest BCUT2D eigenvalue weighted by molar-refractivity contribution is 5.77. The molecule has 19 heavy (non-hydrogen) atoms. The first-order valence-electron chi connectivity index (χ1n) is 7.23. The fourth-order valence-corrected chi connectivity index (χ4v) is 3.15. The molecule has 1 saturated carbocycles. The lowest BCUT2D eigenvalue weighted by molar-refractivity contribution is -0.155. The van der Waals surface area contributed by atoms with Crippen LogP contribution in [0.25, 0.3) is 0 Å². The highest BCUT2D eigenvalue weighted by Crippen LogP contribution is 2.41. The van der Waals surface area contributed by atoms with Gasteiger partial charge in [0.05, 0.1) is 31.8 Å². The number of hydrogen-bond acceptors (Lipinski definition) is 4. The van der Waals surface area contributed by atoms with Crippen molar-refractivity contribution in [3.8, 4) is 0 Å². The SMILES string of the molecule is C[C@@](O)(CC(=O)N1CCO[C@]2(CCOC2)C1)C1CC1. The number of carbonyl (C=O) groups excluding carboxylic acids is 1. The van der Waals surface area contributed by atoms with Gasteiger partial charge in [-0.05, 0) is 25.7 Å². The van der Waals surface area contributed by atoms with Crippen molar-refractivity contribution in [1.29, 1.82) is 0 Å². The monoisotopic (exact) mass is 269 g/mol. The molecule has 5 heteroatoms. The number of amides is 1. The van der Waals surface area contributed by atoms with Crippen molar-refractivity contribution in [2.45, 2.75) is 43.8 Å². The molecule has 2 heterocycles. The van der Waals surface area contributed by atoms with Gasteiger partial charge in [0.25, 0.3) is 0 Å². The van der Waals surface area contributed by atoms with Gasteiger partial charge in [-0.25, -0.2) is 0 Å². The molecule has 3 fully saturated rings. The van der Waals surface area contributed by atoms with E-state index in [4.69, 9.17) is 9.47 Å². The first-order chi connectivity index (χ1) is 9.01. The van der Waals surface area contributed by atoms with Crippen LogP contribution in [0.5, 0.6) is 0 Å². The summed E-state index contributed by atoms with van der Waals surface area (Å²) in [5, 5.41) is 10.3. The van der Waals surface area contributed by atoms with E-state index in [0.717, 1.165) is 19.3 Å². The number of carbonyl (C=O) groups is 1. The maximum Gasteiger partial charge on any atom is 0.225 e. The summed E-state index contributed by atoms with van der Waals surface area (Å²) in [5.41, 5.74) is -1.13. The lowest BCUT2D eigenvalue weighted by Gasteiger charge is -2.40. The van der Waals surface area contributed by atoms with Crippen molar-refractivity contribution in [2.75, 3.05) is 32.9 Å². The smallest absolute Gasteiger partial charge is 0.225 e. The van der Waals surface area contributed by atoms with Crippen LogP contribution in [0.1, 0.15) is 32.6 Å². The summed E-state index contributed by atoms with van der Waals surface area (Å²) < 4.78 is 11.2. The molecule has 108 valence electrons. The molecule has 0 aromatic rings. The average Bonchev–Trinajstić information content (AvgIpc) is 3.14. The Morgan fingerprint density at radius 3 is 2.89 bits per heavy atom. The number of rotatable bonds is 3. The van der Waals surface area contributed by atoms with Crippen LogP contribution >= 0.6 is 0 Å². The van der Waals surface area contributed by atoms with Gasteiger partial charge in [0.1, 0.15) is 5.60 Å². The van der Waals surface area contributed by atoms with E-state index in [1.807, 2.05) is 4.90 Å². The number of ether oxygens (including phenoxy) is 2. The third-order valence-electron chi connectivity index (χ3n) is 4.63. The van der Waals surface area contributed by atoms with Gasteiger partial charge in [0.2, 0.25) is 5.91 Å². The fraction of sp³-hybridized carbons (Fsp3) is 0.929. The fourth-order valence-electron chi connectivity index (χ4n) is 3.15. The molecule has 1 spiro atoms. The highest BCUT2D eigenvalue weighted by atomic mass is 16.6. The van der Waals surface area contributed by atoms with Crippen molar-refractivity contribution in [2.24, 2.45) is 5.92 Å². The van der Waals surface area contributed by atoms with E-state index in [0.29, 0.717) is 38.8 Å². The lowest BCUT2D eigenvalue weighted by atomic mass is 9.94. The number of hydrogen-bond donors (Lipinski definition) is 1. The minimum Gasteiger partial charge on any atom is -0.389 e. The minimum atomic E-state index is -0.839. The Morgan fingerprint density at radius 1 is 1.47 bits per heavy atom. The minimum absolute atomic E-state index is 0.0477. The Bertz CT molecular complexity index is 358. The summed E-state index contributed by atoms with van der Waals surface area (Å²) in [7, 11) is 0. The van der Waals surface area contributed by atoms with Crippen LogP contribution in [-0.4, -0.2) is 60.0 Å². The molecule has 0 radical (unpaired) electrons. The van der Waals surface area contributed by atoms with E-state index in [2.05, 4.69) is 0 Å². The topological polar surface area (TPSA) is 59.0 Å². The maximum absolute atomic E-state index is 12.4. The first-order valence-corrected chi connectivity index (χ1v) is 7.23. The molecule has 0 aromatic carbocycles. The molecular weight excluding hydrogens is 246 g/mol. The molecule has 1 amide bonds. The van der Waals surface area contributed by atoms with Crippen LogP contribution in [0.3, 0.4) is 0 Å². The van der Waals surface area contributed by atoms with Gasteiger partial charge >= 0.3 is 0 Å². The zero-order valence-electron chi connectivity index (χ0n) is 11.6. The second-order valence-corrected chi connectivity index (χ2v) is 6.46. The van der Waals surface area contributed by atoms with Crippen LogP contribution in [0, 0.1) is 5.92 Å². The van der Waals surface area contributed by atoms with E-state index in [1.54, 1.807) is 6.92 Å². The second-order valence-electron chi connectivity index (χ2n) is 6.46. The Morgan fingerprint density at radius 2 is 2.26 bits per heavy atom. The second kappa shape index (κ2) is 4.72. The molecule has 1 N–H and O–H groups in total. The van der Waals surface area contributed by atoms with Crippen LogP contribution in [-0.2, 0) is 14.3 Å². The van der Waals surface area contributed by atoms with E-state index in [-0.39, 0.29) is 17.9 Å². The molecule has 3 aliphatic rings. The molecule has 5 nitrogen and oxygen atoms in total. The van der Waals surface area contributed by atoms with Gasteiger partial charge in [-0.3, -0.25) is 4.79 Å². The van der Waals surface area contributed by atoms with E-state index in [1.165, 1.54) is 0 Å². The third-order valence-corrected chi connectivity index (χ3v) is 4.63. The van der Waals surface area contributed by atoms with Gasteiger partial charge < -0.3 is 19.5 Å². The van der Waals surface area contributed by atoms with Crippen molar-refractivity contribution >= 4 is 5.91 Å². The molecule has 2 aliphatic heterocycles. The summed E-state index contributed by atoms with van der Waals surface area (Å²) in [6, 6.07) is 0. The number of aliphatic hydroxyl groups is 1. The van der Waals surface area contributed by atoms with Gasteiger partial charge in [-0.2, -0.15) is 0 Å². The van der Waals surface area contributed by atoms with Gasteiger partial charge in [0, 0.05) is 19.6 Å². The summed E-state index contributed by atoms with van der Waals surface area (Å²) in [5.74, 6) is 0.354. The van der Waals surface area contributed by atoms with Crippen molar-refractivity contribution in [1.82, 2.24) is 4.90 Å². The third kappa shape index (κ3) is 2.78. The van der Waals surface area contributed by atoms with E-state index in [9.17, 15) is 9.90 Å². The number of morpholine rings is 1. The van der Waals surface area contributed by atoms with Crippen molar-refractivity contribution < 1.29 is 19.4 Å². The molecular formula is C14H23NO4. The molecule has 0 aromatic heterocycles. The number of nitrogens with zero attached hydrogens (tertiary/aromatic N) is 1. The van der Waals surface area contributed by atoms with Gasteiger partial charge in [-0.1, -0.05) is 0 Å². The predicted octanol–water partition coefficient (Wildman–Crippen LogP) is 0.555. The Hall–Kier alpha value is -0.650.